The maximum absolute atomic E-state index is 12.2. The van der Waals surface area contributed by atoms with E-state index in [1.165, 1.54) is 10.5 Å². The van der Waals surface area contributed by atoms with Crippen molar-refractivity contribution in [1.82, 2.24) is 0 Å². The predicted molar refractivity (Wildman–Crippen MR) is 117 cm³/mol. The number of hydrogen-bond donors (Lipinski definition) is 1. The van der Waals surface area contributed by atoms with Gasteiger partial charge in [-0.05, 0) is 66.6 Å². The summed E-state index contributed by atoms with van der Waals surface area (Å²) in [6, 6.07) is 14.1. The fourth-order valence-corrected chi connectivity index (χ4v) is 2.99. The molecule has 0 heterocycles. The minimum atomic E-state index is -0.00240. The lowest BCUT2D eigenvalue weighted by atomic mass is 10.0. The van der Waals surface area contributed by atoms with Gasteiger partial charge in [-0.15, -0.1) is 11.8 Å². The van der Waals surface area contributed by atoms with Gasteiger partial charge in [-0.1, -0.05) is 50.8 Å². The molecule has 0 atom stereocenters. The molecule has 0 aromatic heterocycles. The van der Waals surface area contributed by atoms with Crippen molar-refractivity contribution in [2.75, 3.05) is 11.6 Å². The standard InChI is InChI=1S/C21H23NOS.C2H6/c1-5-6-15(2)20-12-9-18(13-16(20)3)22-21(23)14-17-7-10-19(24-4)11-8-17;1-2/h5-13H,1,14H2,2-4H3,(H,22,23);1-2H3/b15-6+;. The SMILES string of the molecule is C=C/C=C(\C)c1ccc(NC(=O)Cc2ccc(SC)cc2)cc1C.CC. The smallest absolute Gasteiger partial charge is 0.228 e. The first-order chi connectivity index (χ1) is 12.5. The molecule has 3 heteroatoms. The summed E-state index contributed by atoms with van der Waals surface area (Å²) in [6.07, 6.45) is 6.19. The van der Waals surface area contributed by atoms with Crippen LogP contribution in [0.25, 0.3) is 5.57 Å². The first-order valence-electron chi connectivity index (χ1n) is 8.86. The van der Waals surface area contributed by atoms with Crippen LogP contribution in [0.2, 0.25) is 0 Å². The Hall–Kier alpha value is -2.26. The van der Waals surface area contributed by atoms with Gasteiger partial charge in [0.1, 0.15) is 0 Å². The third-order valence-corrected chi connectivity index (χ3v) is 4.57. The molecular weight excluding hydrogens is 338 g/mol. The summed E-state index contributed by atoms with van der Waals surface area (Å²) in [7, 11) is 0. The van der Waals surface area contributed by atoms with Crippen molar-refractivity contribution in [2.24, 2.45) is 0 Å². The fourth-order valence-electron chi connectivity index (χ4n) is 2.58. The Kier molecular flexibility index (Phi) is 9.53. The van der Waals surface area contributed by atoms with Gasteiger partial charge in [0.25, 0.3) is 0 Å². The van der Waals surface area contributed by atoms with Crippen molar-refractivity contribution in [1.29, 1.82) is 0 Å². The molecule has 1 N–H and O–H groups in total. The van der Waals surface area contributed by atoms with Crippen LogP contribution >= 0.6 is 11.8 Å². The summed E-state index contributed by atoms with van der Waals surface area (Å²) in [6.45, 7) is 11.8. The fraction of sp³-hybridized carbons (Fsp3) is 0.261. The molecule has 0 bridgehead atoms. The maximum Gasteiger partial charge on any atom is 0.228 e. The van der Waals surface area contributed by atoms with Gasteiger partial charge >= 0.3 is 0 Å². The second-order valence-electron chi connectivity index (χ2n) is 5.69. The molecule has 0 spiro atoms. The highest BCUT2D eigenvalue weighted by atomic mass is 32.2. The summed E-state index contributed by atoms with van der Waals surface area (Å²) >= 11 is 1.70. The second kappa shape index (κ2) is 11.4. The molecule has 0 aliphatic rings. The highest BCUT2D eigenvalue weighted by Crippen LogP contribution is 2.22. The summed E-state index contributed by atoms with van der Waals surface area (Å²) in [5.41, 5.74) is 5.30. The number of hydrogen-bond acceptors (Lipinski definition) is 2. The number of nitrogens with one attached hydrogen (secondary N) is 1. The van der Waals surface area contributed by atoms with Gasteiger partial charge in [0.2, 0.25) is 5.91 Å². The Morgan fingerprint density at radius 3 is 2.35 bits per heavy atom. The number of rotatable bonds is 6. The van der Waals surface area contributed by atoms with Gasteiger partial charge in [-0.25, -0.2) is 0 Å². The normalized spacial score (nSPS) is 10.6. The van der Waals surface area contributed by atoms with E-state index in [4.69, 9.17) is 0 Å². The molecule has 26 heavy (non-hydrogen) atoms. The van der Waals surface area contributed by atoms with E-state index in [1.54, 1.807) is 17.8 Å². The number of benzene rings is 2. The van der Waals surface area contributed by atoms with Crippen molar-refractivity contribution < 1.29 is 4.79 Å². The Balaban J connectivity index is 0.00000163. The molecule has 0 aliphatic heterocycles. The van der Waals surface area contributed by atoms with E-state index in [2.05, 4.69) is 18.8 Å². The summed E-state index contributed by atoms with van der Waals surface area (Å²) in [5.74, 6) is -0.00240. The summed E-state index contributed by atoms with van der Waals surface area (Å²) < 4.78 is 0. The van der Waals surface area contributed by atoms with Gasteiger partial charge in [0.15, 0.2) is 0 Å². The number of amides is 1. The lowest BCUT2D eigenvalue weighted by Crippen LogP contribution is -2.14. The molecule has 1 amide bonds. The molecular formula is C23H29NOS. The van der Waals surface area contributed by atoms with E-state index in [1.807, 2.05) is 75.6 Å². The average Bonchev–Trinajstić information content (AvgIpc) is 2.64. The van der Waals surface area contributed by atoms with Crippen LogP contribution in [-0.4, -0.2) is 12.2 Å². The number of thioether (sulfide) groups is 1. The lowest BCUT2D eigenvalue weighted by Gasteiger charge is -2.10. The van der Waals surface area contributed by atoms with Crippen LogP contribution in [0.1, 0.15) is 37.5 Å². The molecule has 138 valence electrons. The van der Waals surface area contributed by atoms with Crippen LogP contribution in [0, 0.1) is 6.92 Å². The van der Waals surface area contributed by atoms with E-state index >= 15 is 0 Å². The molecule has 0 radical (unpaired) electrons. The van der Waals surface area contributed by atoms with Crippen LogP contribution in [0.4, 0.5) is 5.69 Å². The van der Waals surface area contributed by atoms with Crippen molar-refractivity contribution in [2.45, 2.75) is 39.0 Å². The van der Waals surface area contributed by atoms with Gasteiger partial charge in [0, 0.05) is 10.6 Å². The summed E-state index contributed by atoms with van der Waals surface area (Å²) in [5, 5.41) is 2.97. The Morgan fingerprint density at radius 2 is 1.81 bits per heavy atom. The quantitative estimate of drug-likeness (QED) is 0.465. The first-order valence-corrected chi connectivity index (χ1v) is 10.1. The Labute approximate surface area is 162 Å². The number of carbonyl (C=O) groups is 1. The maximum atomic E-state index is 12.2. The third-order valence-electron chi connectivity index (χ3n) is 3.83. The zero-order chi connectivity index (χ0) is 19.5. The molecule has 0 fully saturated rings. The minimum absolute atomic E-state index is 0.00240. The van der Waals surface area contributed by atoms with Crippen molar-refractivity contribution in [3.8, 4) is 0 Å². The zero-order valence-electron chi connectivity index (χ0n) is 16.4. The third kappa shape index (κ3) is 6.57. The number of aryl methyl sites for hydroxylation is 1. The molecule has 2 nitrogen and oxygen atoms in total. The number of allylic oxidation sites excluding steroid dienone is 3. The van der Waals surface area contributed by atoms with Gasteiger partial charge in [-0.2, -0.15) is 0 Å². The molecule has 2 aromatic rings. The van der Waals surface area contributed by atoms with Gasteiger partial charge in [-0.3, -0.25) is 4.79 Å². The molecule has 0 saturated heterocycles. The zero-order valence-corrected chi connectivity index (χ0v) is 17.2. The van der Waals surface area contributed by atoms with Crippen molar-refractivity contribution in [3.63, 3.8) is 0 Å². The van der Waals surface area contributed by atoms with Crippen LogP contribution in [0.3, 0.4) is 0 Å². The van der Waals surface area contributed by atoms with Crippen LogP contribution in [0.5, 0.6) is 0 Å². The van der Waals surface area contributed by atoms with E-state index in [-0.39, 0.29) is 5.91 Å². The number of anilines is 1. The Morgan fingerprint density at radius 1 is 1.15 bits per heavy atom. The first kappa shape index (κ1) is 21.8. The largest absolute Gasteiger partial charge is 0.326 e. The number of carbonyl (C=O) groups excluding carboxylic acids is 1. The van der Waals surface area contributed by atoms with Gasteiger partial charge in [0.05, 0.1) is 6.42 Å². The average molecular weight is 368 g/mol. The highest BCUT2D eigenvalue weighted by Gasteiger charge is 2.07. The van der Waals surface area contributed by atoms with Crippen LogP contribution in [0.15, 0.2) is 66.1 Å². The topological polar surface area (TPSA) is 29.1 Å². The van der Waals surface area contributed by atoms with Crippen molar-refractivity contribution in [3.05, 3.63) is 77.9 Å². The molecule has 0 unspecified atom stereocenters. The molecule has 0 aliphatic carbocycles. The Bertz CT molecular complexity index is 760. The van der Waals surface area contributed by atoms with E-state index in [0.29, 0.717) is 6.42 Å². The van der Waals surface area contributed by atoms with Crippen LogP contribution < -0.4 is 5.32 Å². The van der Waals surface area contributed by atoms with E-state index < -0.39 is 0 Å². The van der Waals surface area contributed by atoms with Crippen LogP contribution in [-0.2, 0) is 11.2 Å². The molecule has 2 rings (SSSR count). The van der Waals surface area contributed by atoms with E-state index in [0.717, 1.165) is 22.4 Å². The highest BCUT2D eigenvalue weighted by molar-refractivity contribution is 7.98. The summed E-state index contributed by atoms with van der Waals surface area (Å²) in [4.78, 5) is 13.4. The second-order valence-corrected chi connectivity index (χ2v) is 6.57. The monoisotopic (exact) mass is 367 g/mol. The van der Waals surface area contributed by atoms with Gasteiger partial charge < -0.3 is 5.32 Å². The minimum Gasteiger partial charge on any atom is -0.326 e. The molecule has 2 aromatic carbocycles. The van der Waals surface area contributed by atoms with E-state index in [9.17, 15) is 4.79 Å². The molecule has 0 saturated carbocycles. The van der Waals surface area contributed by atoms with Crippen molar-refractivity contribution >= 4 is 28.9 Å². The lowest BCUT2D eigenvalue weighted by molar-refractivity contribution is -0.115. The predicted octanol–water partition coefficient (Wildman–Crippen LogP) is 6.51.